The van der Waals surface area contributed by atoms with Crippen molar-refractivity contribution in [1.29, 1.82) is 0 Å². The van der Waals surface area contributed by atoms with Gasteiger partial charge in [0.05, 0.1) is 11.8 Å². The highest BCUT2D eigenvalue weighted by Gasteiger charge is 2.52. The van der Waals surface area contributed by atoms with Crippen LogP contribution in [-0.4, -0.2) is 53.4 Å². The number of nitrogens with zero attached hydrogens (tertiary/aromatic N) is 3. The molecule has 2 aromatic rings. The average Bonchev–Trinajstić information content (AvgIpc) is 3.21. The van der Waals surface area contributed by atoms with Gasteiger partial charge in [-0.05, 0) is 43.4 Å². The van der Waals surface area contributed by atoms with E-state index in [0.29, 0.717) is 11.5 Å². The number of halogens is 1. The predicted octanol–water partition coefficient (Wildman–Crippen LogP) is 3.64. The molecule has 0 radical (unpaired) electrons. The fraction of sp³-hybridized carbons (Fsp3) is 0.478. The van der Waals surface area contributed by atoms with Gasteiger partial charge in [-0.1, -0.05) is 37.3 Å². The van der Waals surface area contributed by atoms with Crippen molar-refractivity contribution in [3.63, 3.8) is 0 Å². The third kappa shape index (κ3) is 3.81. The minimum atomic E-state index is -0.460. The molecule has 3 heterocycles. The predicted molar refractivity (Wildman–Crippen MR) is 108 cm³/mol. The first-order valence-corrected chi connectivity index (χ1v) is 10.3. The molecule has 2 atom stereocenters. The number of likely N-dealkylation sites (tertiary alicyclic amines) is 2. The van der Waals surface area contributed by atoms with Gasteiger partial charge in [0.15, 0.2) is 0 Å². The van der Waals surface area contributed by atoms with E-state index in [4.69, 9.17) is 0 Å². The SMILES string of the molecule is CCCN1CC2CN(C(=O)c3cncc(F)c3)CC2(CCc2ccccc2)C1. The molecule has 1 aromatic heterocycles. The molecule has 28 heavy (non-hydrogen) atoms. The van der Waals surface area contributed by atoms with Crippen molar-refractivity contribution < 1.29 is 9.18 Å². The molecular formula is C23H28FN3O. The van der Waals surface area contributed by atoms with Crippen LogP contribution in [-0.2, 0) is 6.42 Å². The zero-order valence-corrected chi connectivity index (χ0v) is 16.5. The Morgan fingerprint density at radius 1 is 1.21 bits per heavy atom. The monoisotopic (exact) mass is 381 g/mol. The van der Waals surface area contributed by atoms with Crippen LogP contribution >= 0.6 is 0 Å². The number of aryl methyl sites for hydroxylation is 1. The highest BCUT2D eigenvalue weighted by atomic mass is 19.1. The summed E-state index contributed by atoms with van der Waals surface area (Å²) in [4.78, 5) is 21.3. The van der Waals surface area contributed by atoms with Gasteiger partial charge in [0, 0.05) is 37.8 Å². The Morgan fingerprint density at radius 2 is 2.04 bits per heavy atom. The molecule has 0 spiro atoms. The summed E-state index contributed by atoms with van der Waals surface area (Å²) >= 11 is 0. The van der Waals surface area contributed by atoms with E-state index >= 15 is 0 Å². The maximum atomic E-state index is 13.5. The van der Waals surface area contributed by atoms with Crippen LogP contribution in [0.5, 0.6) is 0 Å². The Hall–Kier alpha value is -2.27. The highest BCUT2D eigenvalue weighted by molar-refractivity contribution is 5.94. The average molecular weight is 381 g/mol. The molecule has 0 N–H and O–H groups in total. The molecule has 0 bridgehead atoms. The molecule has 4 rings (SSSR count). The standard InChI is InChI=1S/C23H28FN3O/c1-2-10-26-14-20-15-27(22(28)19-11-21(24)13-25-12-19)17-23(20,16-26)9-8-18-6-4-3-5-7-18/h3-7,11-13,20H,2,8-10,14-17H2,1H3. The molecule has 4 nitrogen and oxygen atoms in total. The Labute approximate surface area is 166 Å². The van der Waals surface area contributed by atoms with Gasteiger partial charge in [0.25, 0.3) is 5.91 Å². The van der Waals surface area contributed by atoms with Gasteiger partial charge in [-0.25, -0.2) is 4.39 Å². The fourth-order valence-corrected chi connectivity index (χ4v) is 5.04. The van der Waals surface area contributed by atoms with Crippen LogP contribution < -0.4 is 0 Å². The number of hydrogen-bond acceptors (Lipinski definition) is 3. The van der Waals surface area contributed by atoms with Crippen molar-refractivity contribution in [2.75, 3.05) is 32.7 Å². The topological polar surface area (TPSA) is 36.4 Å². The van der Waals surface area contributed by atoms with Crippen molar-refractivity contribution in [2.24, 2.45) is 11.3 Å². The first-order valence-electron chi connectivity index (χ1n) is 10.3. The van der Waals surface area contributed by atoms with Gasteiger partial charge in [-0.15, -0.1) is 0 Å². The maximum Gasteiger partial charge on any atom is 0.255 e. The molecule has 2 fully saturated rings. The fourth-order valence-electron chi connectivity index (χ4n) is 5.04. The Kier molecular flexibility index (Phi) is 5.44. The number of fused-ring (bicyclic) bond motifs is 1. The van der Waals surface area contributed by atoms with Crippen molar-refractivity contribution in [3.8, 4) is 0 Å². The summed E-state index contributed by atoms with van der Waals surface area (Å²) in [5.74, 6) is -0.0751. The lowest BCUT2D eigenvalue weighted by Gasteiger charge is -2.29. The van der Waals surface area contributed by atoms with Crippen LogP contribution in [0.3, 0.4) is 0 Å². The first kappa shape index (κ1) is 19.1. The lowest BCUT2D eigenvalue weighted by atomic mass is 9.76. The van der Waals surface area contributed by atoms with E-state index < -0.39 is 5.82 Å². The summed E-state index contributed by atoms with van der Waals surface area (Å²) in [6, 6.07) is 11.9. The van der Waals surface area contributed by atoms with Crippen LogP contribution in [0.15, 0.2) is 48.8 Å². The number of aromatic nitrogens is 1. The van der Waals surface area contributed by atoms with Crippen LogP contribution in [0.25, 0.3) is 0 Å². The molecule has 0 saturated carbocycles. The summed E-state index contributed by atoms with van der Waals surface area (Å²) in [7, 11) is 0. The minimum absolute atomic E-state index is 0.0949. The van der Waals surface area contributed by atoms with Crippen molar-refractivity contribution >= 4 is 5.91 Å². The van der Waals surface area contributed by atoms with Gasteiger partial charge in [0.1, 0.15) is 5.82 Å². The van der Waals surface area contributed by atoms with Crippen LogP contribution in [0.4, 0.5) is 4.39 Å². The summed E-state index contributed by atoms with van der Waals surface area (Å²) in [5.41, 5.74) is 1.83. The molecule has 148 valence electrons. The normalized spacial score (nSPS) is 24.5. The molecular weight excluding hydrogens is 353 g/mol. The summed E-state index contributed by atoms with van der Waals surface area (Å²) in [6.07, 6.45) is 5.87. The maximum absolute atomic E-state index is 13.5. The number of amides is 1. The molecule has 1 amide bonds. The Balaban J connectivity index is 1.51. The quantitative estimate of drug-likeness (QED) is 0.767. The number of pyridine rings is 1. The molecule has 2 aliphatic rings. The summed E-state index contributed by atoms with van der Waals surface area (Å²) < 4.78 is 13.5. The molecule has 0 aliphatic carbocycles. The van der Waals surface area contributed by atoms with E-state index in [1.165, 1.54) is 17.8 Å². The molecule has 1 aromatic carbocycles. The van der Waals surface area contributed by atoms with Gasteiger partial charge < -0.3 is 9.80 Å². The van der Waals surface area contributed by atoms with E-state index in [0.717, 1.165) is 58.2 Å². The minimum Gasteiger partial charge on any atom is -0.338 e. The van der Waals surface area contributed by atoms with Crippen LogP contribution in [0.2, 0.25) is 0 Å². The zero-order chi connectivity index (χ0) is 19.6. The second kappa shape index (κ2) is 8.00. The number of carbonyl (C=O) groups is 1. The largest absolute Gasteiger partial charge is 0.338 e. The lowest BCUT2D eigenvalue weighted by molar-refractivity contribution is 0.0755. The van der Waals surface area contributed by atoms with E-state index in [1.54, 1.807) is 0 Å². The van der Waals surface area contributed by atoms with E-state index in [2.05, 4.69) is 41.1 Å². The van der Waals surface area contributed by atoms with E-state index in [-0.39, 0.29) is 11.3 Å². The van der Waals surface area contributed by atoms with E-state index in [1.807, 2.05) is 11.0 Å². The Bertz CT molecular complexity index is 828. The van der Waals surface area contributed by atoms with Crippen LogP contribution in [0.1, 0.15) is 35.7 Å². The van der Waals surface area contributed by atoms with Gasteiger partial charge >= 0.3 is 0 Å². The van der Waals surface area contributed by atoms with E-state index in [9.17, 15) is 9.18 Å². The third-order valence-corrected chi connectivity index (χ3v) is 6.36. The second-order valence-electron chi connectivity index (χ2n) is 8.36. The summed E-state index contributed by atoms with van der Waals surface area (Å²) in [5, 5.41) is 0. The van der Waals surface area contributed by atoms with Gasteiger partial charge in [-0.2, -0.15) is 0 Å². The smallest absolute Gasteiger partial charge is 0.255 e. The van der Waals surface area contributed by atoms with Crippen LogP contribution in [0, 0.1) is 17.2 Å². The molecule has 2 unspecified atom stereocenters. The summed E-state index contributed by atoms with van der Waals surface area (Å²) in [6.45, 7) is 6.94. The number of benzene rings is 1. The highest BCUT2D eigenvalue weighted by Crippen LogP contribution is 2.46. The number of rotatable bonds is 6. The number of carbonyl (C=O) groups excluding carboxylic acids is 1. The zero-order valence-electron chi connectivity index (χ0n) is 16.5. The molecule has 2 saturated heterocycles. The Morgan fingerprint density at radius 3 is 2.79 bits per heavy atom. The molecule has 2 aliphatic heterocycles. The van der Waals surface area contributed by atoms with Gasteiger partial charge in [-0.3, -0.25) is 9.78 Å². The third-order valence-electron chi connectivity index (χ3n) is 6.36. The van der Waals surface area contributed by atoms with Crippen molar-refractivity contribution in [3.05, 3.63) is 65.7 Å². The van der Waals surface area contributed by atoms with Crippen molar-refractivity contribution in [1.82, 2.24) is 14.8 Å². The second-order valence-corrected chi connectivity index (χ2v) is 8.36. The van der Waals surface area contributed by atoms with Crippen molar-refractivity contribution in [2.45, 2.75) is 26.2 Å². The first-order chi connectivity index (χ1) is 13.6. The van der Waals surface area contributed by atoms with Gasteiger partial charge in [0.2, 0.25) is 0 Å². The lowest BCUT2D eigenvalue weighted by Crippen LogP contribution is -2.37. The number of hydrogen-bond donors (Lipinski definition) is 0. The molecule has 5 heteroatoms.